The van der Waals surface area contributed by atoms with Crippen LogP contribution >= 0.6 is 11.6 Å². The highest BCUT2D eigenvalue weighted by atomic mass is 35.5. The van der Waals surface area contributed by atoms with Gasteiger partial charge in [-0.25, -0.2) is 0 Å². The van der Waals surface area contributed by atoms with E-state index in [4.69, 9.17) is 26.2 Å². The largest absolute Gasteiger partial charge is 0.449 e. The lowest BCUT2D eigenvalue weighted by atomic mass is 10.2. The summed E-state index contributed by atoms with van der Waals surface area (Å²) in [6.07, 6.45) is 0. The van der Waals surface area contributed by atoms with Gasteiger partial charge in [-0.3, -0.25) is 0 Å². The van der Waals surface area contributed by atoms with Crippen molar-refractivity contribution in [1.82, 2.24) is 0 Å². The average Bonchev–Trinajstić information content (AvgIpc) is 2.40. The molecule has 1 heterocycles. The first-order chi connectivity index (χ1) is 6.52. The molecule has 14 heavy (non-hydrogen) atoms. The molecule has 0 atom stereocenters. The highest BCUT2D eigenvalue weighted by Crippen LogP contribution is 2.44. The molecule has 4 heteroatoms. The zero-order valence-corrected chi connectivity index (χ0v) is 8.76. The van der Waals surface area contributed by atoms with Gasteiger partial charge < -0.3 is 14.6 Å². The Morgan fingerprint density at radius 3 is 2.71 bits per heavy atom. The van der Waals surface area contributed by atoms with E-state index in [0.717, 1.165) is 5.56 Å². The van der Waals surface area contributed by atoms with Crippen LogP contribution in [-0.2, 0) is 6.61 Å². The van der Waals surface area contributed by atoms with E-state index in [1.807, 2.05) is 13.8 Å². The number of ether oxygens (including phenoxy) is 2. The van der Waals surface area contributed by atoms with E-state index in [2.05, 4.69) is 0 Å². The van der Waals surface area contributed by atoms with Gasteiger partial charge in [0.1, 0.15) is 0 Å². The number of rotatable bonds is 1. The predicted molar refractivity (Wildman–Crippen MR) is 52.7 cm³/mol. The van der Waals surface area contributed by atoms with Crippen molar-refractivity contribution in [3.05, 3.63) is 22.7 Å². The van der Waals surface area contributed by atoms with Crippen molar-refractivity contribution in [1.29, 1.82) is 0 Å². The van der Waals surface area contributed by atoms with Crippen LogP contribution in [0.1, 0.15) is 19.4 Å². The van der Waals surface area contributed by atoms with Gasteiger partial charge in [0, 0.05) is 13.8 Å². The molecule has 0 spiro atoms. The van der Waals surface area contributed by atoms with Crippen LogP contribution in [0, 0.1) is 0 Å². The highest BCUT2D eigenvalue weighted by Gasteiger charge is 2.33. The second kappa shape index (κ2) is 3.04. The summed E-state index contributed by atoms with van der Waals surface area (Å²) in [7, 11) is 0. The van der Waals surface area contributed by atoms with Gasteiger partial charge in [-0.1, -0.05) is 11.6 Å². The van der Waals surface area contributed by atoms with Crippen LogP contribution in [-0.4, -0.2) is 10.9 Å². The number of hydrogen-bond acceptors (Lipinski definition) is 3. The first kappa shape index (κ1) is 9.62. The Hall–Kier alpha value is -0.930. The van der Waals surface area contributed by atoms with Crippen LogP contribution in [0.25, 0.3) is 0 Å². The molecule has 0 unspecified atom stereocenters. The number of benzene rings is 1. The fraction of sp³-hybridized carbons (Fsp3) is 0.400. The van der Waals surface area contributed by atoms with E-state index in [-0.39, 0.29) is 6.61 Å². The Bertz CT molecular complexity index is 374. The highest BCUT2D eigenvalue weighted by molar-refractivity contribution is 6.32. The van der Waals surface area contributed by atoms with Crippen LogP contribution in [0.3, 0.4) is 0 Å². The molecule has 3 nitrogen and oxygen atoms in total. The molecule has 0 aromatic heterocycles. The number of fused-ring (bicyclic) bond motifs is 1. The molecule has 0 saturated carbocycles. The lowest BCUT2D eigenvalue weighted by Gasteiger charge is -2.16. The van der Waals surface area contributed by atoms with Crippen LogP contribution < -0.4 is 9.47 Å². The Labute approximate surface area is 87.2 Å². The Balaban J connectivity index is 2.47. The molecular weight excluding hydrogens is 204 g/mol. The van der Waals surface area contributed by atoms with Crippen molar-refractivity contribution in [2.24, 2.45) is 0 Å². The maximum atomic E-state index is 8.97. The fourth-order valence-electron chi connectivity index (χ4n) is 1.42. The van der Waals surface area contributed by atoms with Crippen molar-refractivity contribution >= 4 is 11.6 Å². The maximum Gasteiger partial charge on any atom is 0.246 e. The third-order valence-corrected chi connectivity index (χ3v) is 2.24. The lowest BCUT2D eigenvalue weighted by molar-refractivity contribution is -0.0431. The zero-order valence-electron chi connectivity index (χ0n) is 8.00. The lowest BCUT2D eigenvalue weighted by Crippen LogP contribution is -2.29. The molecule has 0 fully saturated rings. The third-order valence-electron chi connectivity index (χ3n) is 1.96. The molecule has 0 saturated heterocycles. The Morgan fingerprint density at radius 1 is 1.36 bits per heavy atom. The minimum Gasteiger partial charge on any atom is -0.449 e. The van der Waals surface area contributed by atoms with E-state index < -0.39 is 5.79 Å². The van der Waals surface area contributed by atoms with Gasteiger partial charge in [0.25, 0.3) is 0 Å². The summed E-state index contributed by atoms with van der Waals surface area (Å²) >= 11 is 5.96. The molecule has 2 rings (SSSR count). The standard InChI is InChI=1S/C10H11ClO3/c1-10(2)13-8-4-6(5-12)3-7(11)9(8)14-10/h3-4,12H,5H2,1-2H3. The van der Waals surface area contributed by atoms with Gasteiger partial charge in [-0.05, 0) is 17.7 Å². The molecule has 1 N–H and O–H groups in total. The molecule has 0 aliphatic carbocycles. The van der Waals surface area contributed by atoms with Crippen LogP contribution in [0.2, 0.25) is 5.02 Å². The first-order valence-electron chi connectivity index (χ1n) is 4.33. The zero-order chi connectivity index (χ0) is 10.3. The summed E-state index contributed by atoms with van der Waals surface area (Å²) < 4.78 is 11.0. The molecule has 1 aliphatic rings. The van der Waals surface area contributed by atoms with E-state index in [0.29, 0.717) is 16.5 Å². The van der Waals surface area contributed by atoms with Gasteiger partial charge >= 0.3 is 0 Å². The molecule has 0 radical (unpaired) electrons. The van der Waals surface area contributed by atoms with E-state index in [1.54, 1.807) is 12.1 Å². The van der Waals surface area contributed by atoms with E-state index in [1.165, 1.54) is 0 Å². The number of aliphatic hydroxyl groups excluding tert-OH is 1. The second-order valence-corrected chi connectivity index (χ2v) is 4.07. The topological polar surface area (TPSA) is 38.7 Å². The molecule has 1 aliphatic heterocycles. The van der Waals surface area contributed by atoms with E-state index in [9.17, 15) is 0 Å². The Morgan fingerprint density at radius 2 is 2.07 bits per heavy atom. The quantitative estimate of drug-likeness (QED) is 0.780. The van der Waals surface area contributed by atoms with Crippen molar-refractivity contribution in [2.75, 3.05) is 0 Å². The summed E-state index contributed by atoms with van der Waals surface area (Å²) in [5.74, 6) is 0.459. The summed E-state index contributed by atoms with van der Waals surface area (Å²) in [6.45, 7) is 3.56. The summed E-state index contributed by atoms with van der Waals surface area (Å²) in [6, 6.07) is 3.40. The minimum absolute atomic E-state index is 0.0587. The fourth-order valence-corrected chi connectivity index (χ4v) is 1.69. The van der Waals surface area contributed by atoms with Gasteiger partial charge in [-0.15, -0.1) is 0 Å². The van der Waals surface area contributed by atoms with E-state index >= 15 is 0 Å². The van der Waals surface area contributed by atoms with Crippen molar-refractivity contribution in [2.45, 2.75) is 26.2 Å². The first-order valence-corrected chi connectivity index (χ1v) is 4.71. The number of halogens is 1. The normalized spacial score (nSPS) is 17.1. The molecule has 1 aromatic carbocycles. The summed E-state index contributed by atoms with van der Waals surface area (Å²) in [5.41, 5.74) is 0.718. The summed E-state index contributed by atoms with van der Waals surface area (Å²) in [5, 5.41) is 9.44. The van der Waals surface area contributed by atoms with Gasteiger partial charge in [0.2, 0.25) is 5.79 Å². The van der Waals surface area contributed by atoms with Gasteiger partial charge in [0.15, 0.2) is 11.5 Å². The molecule has 0 amide bonds. The number of aliphatic hydroxyl groups is 1. The average molecular weight is 215 g/mol. The van der Waals surface area contributed by atoms with Crippen LogP contribution in [0.5, 0.6) is 11.5 Å². The second-order valence-electron chi connectivity index (χ2n) is 3.67. The molecule has 0 bridgehead atoms. The SMILES string of the molecule is CC1(C)Oc2cc(CO)cc(Cl)c2O1. The van der Waals surface area contributed by atoms with Gasteiger partial charge in [0.05, 0.1) is 11.6 Å². The van der Waals surface area contributed by atoms with Crippen molar-refractivity contribution in [3.8, 4) is 11.5 Å². The number of hydrogen-bond donors (Lipinski definition) is 1. The van der Waals surface area contributed by atoms with Crippen LogP contribution in [0.15, 0.2) is 12.1 Å². The smallest absolute Gasteiger partial charge is 0.246 e. The van der Waals surface area contributed by atoms with Crippen molar-refractivity contribution in [3.63, 3.8) is 0 Å². The van der Waals surface area contributed by atoms with Gasteiger partial charge in [-0.2, -0.15) is 0 Å². The monoisotopic (exact) mass is 214 g/mol. The molecule has 1 aromatic rings. The maximum absolute atomic E-state index is 8.97. The third kappa shape index (κ3) is 1.53. The predicted octanol–water partition coefficient (Wildman–Crippen LogP) is 2.34. The minimum atomic E-state index is -0.681. The summed E-state index contributed by atoms with van der Waals surface area (Å²) in [4.78, 5) is 0. The Kier molecular flexibility index (Phi) is 2.09. The molecular formula is C10H11ClO3. The molecule has 76 valence electrons. The van der Waals surface area contributed by atoms with Crippen molar-refractivity contribution < 1.29 is 14.6 Å². The van der Waals surface area contributed by atoms with Crippen LogP contribution in [0.4, 0.5) is 0 Å².